The number of hydrogen-bond acceptors (Lipinski definition) is 3. The van der Waals surface area contributed by atoms with Crippen molar-refractivity contribution in [2.75, 3.05) is 7.11 Å². The normalized spacial score (nSPS) is 15.1. The first kappa shape index (κ1) is 14.4. The molecule has 0 amide bonds. The fourth-order valence-electron chi connectivity index (χ4n) is 2.99. The molecule has 21 heavy (non-hydrogen) atoms. The second-order valence-corrected chi connectivity index (χ2v) is 6.71. The van der Waals surface area contributed by atoms with E-state index in [1.807, 2.05) is 12.1 Å². The van der Waals surface area contributed by atoms with E-state index < -0.39 is 0 Å². The zero-order valence-corrected chi connectivity index (χ0v) is 13.3. The van der Waals surface area contributed by atoms with Crippen molar-refractivity contribution in [3.05, 3.63) is 45.2 Å². The number of aromatic nitrogens is 1. The van der Waals surface area contributed by atoms with E-state index in [9.17, 15) is 0 Å². The van der Waals surface area contributed by atoms with Crippen molar-refractivity contribution in [3.63, 3.8) is 0 Å². The van der Waals surface area contributed by atoms with Gasteiger partial charge in [-0.15, -0.1) is 11.3 Å². The summed E-state index contributed by atoms with van der Waals surface area (Å²) < 4.78 is 7.41. The number of aryl methyl sites for hydroxylation is 1. The Morgan fingerprint density at radius 1 is 1.10 bits per heavy atom. The second-order valence-electron chi connectivity index (χ2n) is 5.63. The van der Waals surface area contributed by atoms with Crippen molar-refractivity contribution >= 4 is 11.3 Å². The summed E-state index contributed by atoms with van der Waals surface area (Å²) in [6, 6.07) is 8.18. The molecule has 3 rings (SSSR count). The lowest BCUT2D eigenvalue weighted by molar-refractivity contribution is 0.414. The molecule has 1 aliphatic carbocycles. The van der Waals surface area contributed by atoms with E-state index in [1.54, 1.807) is 18.4 Å². The molecular formula is C17H22N2OS. The van der Waals surface area contributed by atoms with Gasteiger partial charge in [-0.2, -0.15) is 0 Å². The Hall–Kier alpha value is -1.55. The fraction of sp³-hybridized carbons (Fsp3) is 0.471. The zero-order chi connectivity index (χ0) is 14.7. The number of nitrogens with one attached hydrogen (secondary N) is 1. The highest BCUT2D eigenvalue weighted by molar-refractivity contribution is 7.09. The molecule has 1 aromatic heterocycles. The van der Waals surface area contributed by atoms with Crippen LogP contribution in [0.2, 0.25) is 0 Å². The van der Waals surface area contributed by atoms with Crippen LogP contribution >= 0.6 is 11.3 Å². The summed E-state index contributed by atoms with van der Waals surface area (Å²) in [5.74, 6) is 0.885. The van der Waals surface area contributed by atoms with Gasteiger partial charge in [0.1, 0.15) is 5.75 Å². The predicted molar refractivity (Wildman–Crippen MR) is 86.1 cm³/mol. The van der Waals surface area contributed by atoms with Crippen LogP contribution in [-0.4, -0.2) is 11.7 Å². The lowest BCUT2D eigenvalue weighted by atomic mass is 10.0. The van der Waals surface area contributed by atoms with E-state index >= 15 is 0 Å². The number of methoxy groups -OCH3 is 1. The summed E-state index contributed by atoms with van der Waals surface area (Å²) in [6.07, 6.45) is 7.47. The minimum Gasteiger partial charge on any atom is -0.497 e. The largest absolute Gasteiger partial charge is 0.497 e. The van der Waals surface area contributed by atoms with Crippen LogP contribution in [0.3, 0.4) is 0 Å². The third-order valence-electron chi connectivity index (χ3n) is 4.18. The number of thiazole rings is 1. The van der Waals surface area contributed by atoms with Gasteiger partial charge < -0.3 is 9.30 Å². The van der Waals surface area contributed by atoms with Crippen molar-refractivity contribution in [2.24, 2.45) is 0 Å². The van der Waals surface area contributed by atoms with E-state index in [0.29, 0.717) is 4.80 Å². The number of nitrogens with zero attached hydrogens (tertiary/aromatic N) is 1. The SMILES string of the molecule is COc1ccc(Cn2c3c(sc2=N)CCCCCC3)cc1. The molecule has 0 spiro atoms. The first-order valence-corrected chi connectivity index (χ1v) is 8.48. The van der Waals surface area contributed by atoms with Gasteiger partial charge in [0.05, 0.1) is 13.7 Å². The second kappa shape index (κ2) is 6.48. The van der Waals surface area contributed by atoms with Crippen LogP contribution < -0.4 is 9.54 Å². The number of ether oxygens (including phenoxy) is 1. The molecule has 0 unspecified atom stereocenters. The van der Waals surface area contributed by atoms with Gasteiger partial charge in [-0.05, 0) is 43.4 Å². The molecule has 0 aliphatic heterocycles. The molecule has 2 aromatic rings. The molecule has 4 heteroatoms. The van der Waals surface area contributed by atoms with Crippen molar-refractivity contribution in [2.45, 2.75) is 45.1 Å². The van der Waals surface area contributed by atoms with Gasteiger partial charge in [0, 0.05) is 10.6 Å². The third kappa shape index (κ3) is 3.21. The Morgan fingerprint density at radius 3 is 2.52 bits per heavy atom. The van der Waals surface area contributed by atoms with Crippen molar-refractivity contribution in [1.82, 2.24) is 4.57 Å². The van der Waals surface area contributed by atoms with Gasteiger partial charge in [-0.3, -0.25) is 5.41 Å². The minimum atomic E-state index is 0.692. The standard InChI is InChI=1S/C17H22N2OS/c1-20-14-10-8-13(9-11-14)12-19-15-6-4-2-3-5-7-16(15)21-17(19)18/h8-11,18H,2-7,12H2,1H3. The number of rotatable bonds is 3. The molecule has 1 aromatic carbocycles. The minimum absolute atomic E-state index is 0.692. The summed E-state index contributed by atoms with van der Waals surface area (Å²) in [5, 5.41) is 8.29. The number of benzene rings is 1. The maximum atomic E-state index is 8.29. The van der Waals surface area contributed by atoms with E-state index in [0.717, 1.165) is 25.1 Å². The molecule has 0 atom stereocenters. The van der Waals surface area contributed by atoms with Crippen LogP contribution in [0.1, 0.15) is 41.8 Å². The summed E-state index contributed by atoms with van der Waals surface area (Å²) in [7, 11) is 1.69. The Balaban J connectivity index is 1.88. The molecule has 1 N–H and O–H groups in total. The average Bonchev–Trinajstić information content (AvgIpc) is 2.75. The van der Waals surface area contributed by atoms with Gasteiger partial charge >= 0.3 is 0 Å². The van der Waals surface area contributed by atoms with Crippen LogP contribution in [-0.2, 0) is 19.4 Å². The van der Waals surface area contributed by atoms with Gasteiger partial charge in [-0.1, -0.05) is 25.0 Å². The molecule has 0 saturated heterocycles. The Labute approximate surface area is 129 Å². The molecular weight excluding hydrogens is 280 g/mol. The molecule has 0 fully saturated rings. The van der Waals surface area contributed by atoms with Gasteiger partial charge in [0.2, 0.25) is 0 Å². The number of fused-ring (bicyclic) bond motifs is 1. The molecule has 0 bridgehead atoms. The Morgan fingerprint density at radius 2 is 1.81 bits per heavy atom. The third-order valence-corrected chi connectivity index (χ3v) is 5.28. The number of hydrogen-bond donors (Lipinski definition) is 1. The Bertz CT molecular complexity index is 654. The summed E-state index contributed by atoms with van der Waals surface area (Å²) >= 11 is 1.67. The van der Waals surface area contributed by atoms with Crippen molar-refractivity contribution in [3.8, 4) is 5.75 Å². The highest BCUT2D eigenvalue weighted by atomic mass is 32.1. The van der Waals surface area contributed by atoms with Crippen LogP contribution in [0.4, 0.5) is 0 Å². The van der Waals surface area contributed by atoms with Crippen molar-refractivity contribution in [1.29, 1.82) is 5.41 Å². The van der Waals surface area contributed by atoms with Gasteiger partial charge in [0.15, 0.2) is 4.80 Å². The van der Waals surface area contributed by atoms with E-state index in [2.05, 4.69) is 16.7 Å². The molecule has 112 valence electrons. The maximum absolute atomic E-state index is 8.29. The lowest BCUT2D eigenvalue weighted by Crippen LogP contribution is -2.17. The van der Waals surface area contributed by atoms with Gasteiger partial charge in [-0.25, -0.2) is 0 Å². The van der Waals surface area contributed by atoms with Crippen LogP contribution in [0, 0.1) is 5.41 Å². The summed E-state index contributed by atoms with van der Waals surface area (Å²) in [4.78, 5) is 2.13. The van der Waals surface area contributed by atoms with Crippen molar-refractivity contribution < 1.29 is 4.74 Å². The smallest absolute Gasteiger partial charge is 0.182 e. The van der Waals surface area contributed by atoms with E-state index in [1.165, 1.54) is 41.8 Å². The van der Waals surface area contributed by atoms with E-state index in [4.69, 9.17) is 10.1 Å². The lowest BCUT2D eigenvalue weighted by Gasteiger charge is -2.13. The van der Waals surface area contributed by atoms with E-state index in [-0.39, 0.29) is 0 Å². The topological polar surface area (TPSA) is 38.0 Å². The fourth-order valence-corrected chi connectivity index (χ4v) is 4.08. The maximum Gasteiger partial charge on any atom is 0.182 e. The average molecular weight is 302 g/mol. The highest BCUT2D eigenvalue weighted by Crippen LogP contribution is 2.23. The molecule has 1 aliphatic rings. The summed E-state index contributed by atoms with van der Waals surface area (Å²) in [6.45, 7) is 0.800. The first-order valence-electron chi connectivity index (χ1n) is 7.67. The quantitative estimate of drug-likeness (QED) is 0.921. The molecule has 0 radical (unpaired) electrons. The van der Waals surface area contributed by atoms with Crippen LogP contribution in [0.25, 0.3) is 0 Å². The highest BCUT2D eigenvalue weighted by Gasteiger charge is 2.15. The van der Waals surface area contributed by atoms with Gasteiger partial charge in [0.25, 0.3) is 0 Å². The predicted octanol–water partition coefficient (Wildman–Crippen LogP) is 3.74. The van der Waals surface area contributed by atoms with Crippen LogP contribution in [0.15, 0.2) is 24.3 Å². The zero-order valence-electron chi connectivity index (χ0n) is 12.5. The monoisotopic (exact) mass is 302 g/mol. The molecule has 3 nitrogen and oxygen atoms in total. The summed E-state index contributed by atoms with van der Waals surface area (Å²) in [5.41, 5.74) is 2.64. The van der Waals surface area contributed by atoms with Crippen LogP contribution in [0.5, 0.6) is 5.75 Å². The molecule has 1 heterocycles. The molecule has 0 saturated carbocycles. The first-order chi connectivity index (χ1) is 10.3. The Kier molecular flexibility index (Phi) is 4.44.